The predicted molar refractivity (Wildman–Crippen MR) is 83.5 cm³/mol. The number of benzene rings is 1. The number of aromatic nitrogens is 2. The van der Waals surface area contributed by atoms with E-state index in [-0.39, 0.29) is 22.3 Å². The van der Waals surface area contributed by atoms with Crippen molar-refractivity contribution in [2.24, 2.45) is 0 Å². The lowest BCUT2D eigenvalue weighted by molar-refractivity contribution is 0.582. The molecule has 3 N–H and O–H groups in total. The van der Waals surface area contributed by atoms with Crippen LogP contribution in [0.15, 0.2) is 50.2 Å². The minimum Gasteiger partial charge on any atom is -0.307 e. The molecular weight excluding hydrogens is 326 g/mol. The topological polar surface area (TPSA) is 112 Å². The molecule has 3 aromatic rings. The molecule has 0 aliphatic rings. The van der Waals surface area contributed by atoms with Crippen LogP contribution < -0.4 is 16.0 Å². The molecular formula is C13H11N3O4S2. The molecule has 1 aromatic carbocycles. The van der Waals surface area contributed by atoms with Crippen LogP contribution in [0, 0.1) is 0 Å². The van der Waals surface area contributed by atoms with E-state index in [0.29, 0.717) is 0 Å². The molecule has 0 saturated heterocycles. The second kappa shape index (κ2) is 5.52. The van der Waals surface area contributed by atoms with Gasteiger partial charge in [-0.2, -0.15) is 0 Å². The summed E-state index contributed by atoms with van der Waals surface area (Å²) in [5.74, 6) is 0. The maximum atomic E-state index is 12.3. The minimum atomic E-state index is -3.74. The number of thiophene rings is 1. The zero-order valence-electron chi connectivity index (χ0n) is 11.1. The zero-order valence-corrected chi connectivity index (χ0v) is 12.8. The normalized spacial score (nSPS) is 11.8. The summed E-state index contributed by atoms with van der Waals surface area (Å²) in [6.45, 7) is 0.181. The molecule has 0 radical (unpaired) electrons. The molecule has 7 nitrogen and oxygen atoms in total. The molecule has 0 aliphatic heterocycles. The maximum Gasteiger partial charge on any atom is 0.326 e. The molecule has 0 spiro atoms. The van der Waals surface area contributed by atoms with Crippen LogP contribution in [0.5, 0.6) is 0 Å². The molecule has 0 amide bonds. The van der Waals surface area contributed by atoms with Crippen molar-refractivity contribution in [2.45, 2.75) is 11.4 Å². The average molecular weight is 337 g/mol. The number of rotatable bonds is 4. The van der Waals surface area contributed by atoms with Gasteiger partial charge in [0.1, 0.15) is 0 Å². The first kappa shape index (κ1) is 14.7. The van der Waals surface area contributed by atoms with Crippen LogP contribution in [0.1, 0.15) is 4.88 Å². The van der Waals surface area contributed by atoms with Gasteiger partial charge in [0.15, 0.2) is 0 Å². The lowest BCUT2D eigenvalue weighted by atomic mass is 10.2. The van der Waals surface area contributed by atoms with Crippen LogP contribution in [0.25, 0.3) is 10.9 Å². The molecule has 0 bridgehead atoms. The van der Waals surface area contributed by atoms with Gasteiger partial charge in [0.2, 0.25) is 10.0 Å². The largest absolute Gasteiger partial charge is 0.326 e. The molecule has 0 unspecified atom stereocenters. The maximum absolute atomic E-state index is 12.3. The van der Waals surface area contributed by atoms with E-state index < -0.39 is 21.3 Å². The minimum absolute atomic E-state index is 0.0332. The average Bonchev–Trinajstić information content (AvgIpc) is 2.98. The van der Waals surface area contributed by atoms with Crippen LogP contribution in [0.3, 0.4) is 0 Å². The quantitative estimate of drug-likeness (QED) is 0.652. The lowest BCUT2D eigenvalue weighted by Crippen LogP contribution is -2.24. The van der Waals surface area contributed by atoms with Gasteiger partial charge >= 0.3 is 5.69 Å². The fraction of sp³-hybridized carbons (Fsp3) is 0.0769. The second-order valence-electron chi connectivity index (χ2n) is 4.52. The monoisotopic (exact) mass is 337 g/mol. The summed E-state index contributed by atoms with van der Waals surface area (Å²) in [5.41, 5.74) is -0.982. The van der Waals surface area contributed by atoms with Crippen LogP contribution in [-0.4, -0.2) is 18.4 Å². The Morgan fingerprint density at radius 3 is 2.68 bits per heavy atom. The number of aromatic amines is 2. The Morgan fingerprint density at radius 1 is 1.14 bits per heavy atom. The van der Waals surface area contributed by atoms with E-state index in [1.165, 1.54) is 29.5 Å². The summed E-state index contributed by atoms with van der Waals surface area (Å²) in [6.07, 6.45) is 0. The number of hydrogen-bond donors (Lipinski definition) is 3. The Bertz CT molecular complexity index is 1030. The Labute approximate surface area is 128 Å². The van der Waals surface area contributed by atoms with Gasteiger partial charge in [0, 0.05) is 11.4 Å². The van der Waals surface area contributed by atoms with E-state index in [2.05, 4.69) is 14.7 Å². The summed E-state index contributed by atoms with van der Waals surface area (Å²) in [4.78, 5) is 28.3. The molecule has 0 saturated carbocycles. The summed E-state index contributed by atoms with van der Waals surface area (Å²) in [5, 5.41) is 1.97. The number of sulfonamides is 1. The van der Waals surface area contributed by atoms with Crippen molar-refractivity contribution in [3.63, 3.8) is 0 Å². The first-order valence-corrected chi connectivity index (χ1v) is 8.60. The highest BCUT2D eigenvalue weighted by atomic mass is 32.2. The predicted octanol–water partition coefficient (Wildman–Crippen LogP) is 0.756. The molecule has 0 fully saturated rings. The Hall–Kier alpha value is -2.23. The molecule has 9 heteroatoms. The van der Waals surface area contributed by atoms with Crippen LogP contribution in [0.4, 0.5) is 0 Å². The second-order valence-corrected chi connectivity index (χ2v) is 7.32. The lowest BCUT2D eigenvalue weighted by Gasteiger charge is -2.06. The molecule has 114 valence electrons. The number of fused-ring (bicyclic) bond motifs is 1. The highest BCUT2D eigenvalue weighted by molar-refractivity contribution is 7.89. The van der Waals surface area contributed by atoms with Crippen molar-refractivity contribution in [1.29, 1.82) is 0 Å². The highest BCUT2D eigenvalue weighted by Crippen LogP contribution is 2.15. The van der Waals surface area contributed by atoms with Gasteiger partial charge in [-0.05, 0) is 29.6 Å². The van der Waals surface area contributed by atoms with Gasteiger partial charge in [-0.25, -0.2) is 17.9 Å². The van der Waals surface area contributed by atoms with Crippen molar-refractivity contribution in [1.82, 2.24) is 14.7 Å². The molecule has 0 aliphatic carbocycles. The Morgan fingerprint density at radius 2 is 1.95 bits per heavy atom. The standard InChI is InChI=1S/C13H11N3O4S2/c17-12-10-6-9(3-4-11(10)15-13(18)16-12)22(19,20)14-7-8-2-1-5-21-8/h1-6,14H,7H2,(H2,15,16,17,18). The zero-order chi connectivity index (χ0) is 15.7. The third kappa shape index (κ3) is 2.86. The van der Waals surface area contributed by atoms with Crippen molar-refractivity contribution in [3.8, 4) is 0 Å². The van der Waals surface area contributed by atoms with Crippen molar-refractivity contribution in [3.05, 3.63) is 61.4 Å². The van der Waals surface area contributed by atoms with Gasteiger partial charge in [-0.15, -0.1) is 11.3 Å². The van der Waals surface area contributed by atoms with Gasteiger partial charge < -0.3 is 4.98 Å². The molecule has 3 rings (SSSR count). The molecule has 22 heavy (non-hydrogen) atoms. The van der Waals surface area contributed by atoms with Crippen LogP contribution in [0.2, 0.25) is 0 Å². The highest BCUT2D eigenvalue weighted by Gasteiger charge is 2.15. The molecule has 2 heterocycles. The first-order valence-electron chi connectivity index (χ1n) is 6.24. The van der Waals surface area contributed by atoms with E-state index >= 15 is 0 Å². The number of H-pyrrole nitrogens is 2. The SMILES string of the molecule is O=c1[nH]c(=O)c2cc(S(=O)(=O)NCc3cccs3)ccc2[nH]1. The van der Waals surface area contributed by atoms with Gasteiger partial charge in [0.05, 0.1) is 15.8 Å². The number of hydrogen-bond acceptors (Lipinski definition) is 5. The molecule has 2 aromatic heterocycles. The summed E-state index contributed by atoms with van der Waals surface area (Å²) in [7, 11) is -3.74. The van der Waals surface area contributed by atoms with Crippen LogP contribution in [-0.2, 0) is 16.6 Å². The Balaban J connectivity index is 1.98. The summed E-state index contributed by atoms with van der Waals surface area (Å²) < 4.78 is 27.0. The van der Waals surface area contributed by atoms with E-state index in [4.69, 9.17) is 0 Å². The van der Waals surface area contributed by atoms with E-state index in [0.717, 1.165) is 4.88 Å². The van der Waals surface area contributed by atoms with Crippen molar-refractivity contribution in [2.75, 3.05) is 0 Å². The molecule has 0 atom stereocenters. The summed E-state index contributed by atoms with van der Waals surface area (Å²) in [6, 6.07) is 7.63. The van der Waals surface area contributed by atoms with Gasteiger partial charge in [-0.3, -0.25) is 9.78 Å². The van der Waals surface area contributed by atoms with E-state index in [1.54, 1.807) is 0 Å². The smallest absolute Gasteiger partial charge is 0.307 e. The van der Waals surface area contributed by atoms with E-state index in [1.807, 2.05) is 17.5 Å². The van der Waals surface area contributed by atoms with E-state index in [9.17, 15) is 18.0 Å². The van der Waals surface area contributed by atoms with Gasteiger partial charge in [0.25, 0.3) is 5.56 Å². The fourth-order valence-electron chi connectivity index (χ4n) is 1.97. The van der Waals surface area contributed by atoms with Crippen molar-refractivity contribution < 1.29 is 8.42 Å². The fourth-order valence-corrected chi connectivity index (χ4v) is 3.74. The third-order valence-corrected chi connectivity index (χ3v) is 5.31. The Kier molecular flexibility index (Phi) is 3.69. The number of nitrogens with one attached hydrogen (secondary N) is 3. The van der Waals surface area contributed by atoms with Crippen LogP contribution >= 0.6 is 11.3 Å². The first-order chi connectivity index (χ1) is 10.5. The summed E-state index contributed by atoms with van der Waals surface area (Å²) >= 11 is 1.44. The van der Waals surface area contributed by atoms with Gasteiger partial charge in [-0.1, -0.05) is 6.07 Å². The third-order valence-electron chi connectivity index (χ3n) is 3.04. The van der Waals surface area contributed by atoms with Crippen molar-refractivity contribution >= 4 is 32.3 Å².